The highest BCUT2D eigenvalue weighted by molar-refractivity contribution is 6.19. The summed E-state index contributed by atoms with van der Waals surface area (Å²) in [6.07, 6.45) is 3.91. The SMILES string of the molecule is C1=CC2c3cccc(C4=NC(c5ccc(-c6ccccc6)cc5)N=C(n5c6ccccc6c6ccccc65)N4)c3OC2c2c1n(-c1cccc(-c3ccccc3)c1)c1ccccc21. The Kier molecular flexibility index (Phi) is 8.00. The second kappa shape index (κ2) is 14.2. The number of fused-ring (bicyclic) bond motifs is 10. The van der Waals surface area contributed by atoms with Gasteiger partial charge in [0.05, 0.1) is 27.8 Å². The highest BCUT2D eigenvalue weighted by Gasteiger charge is 2.42. The molecule has 2 aliphatic heterocycles. The minimum atomic E-state index is -0.503. The molecule has 10 aromatic rings. The summed E-state index contributed by atoms with van der Waals surface area (Å²) in [7, 11) is 0. The number of nitrogens with zero attached hydrogens (tertiary/aromatic N) is 4. The lowest BCUT2D eigenvalue weighted by molar-refractivity contribution is 0.224. The van der Waals surface area contributed by atoms with Crippen molar-refractivity contribution in [2.24, 2.45) is 9.98 Å². The molecule has 0 saturated heterocycles. The van der Waals surface area contributed by atoms with Crippen molar-refractivity contribution in [1.29, 1.82) is 0 Å². The maximum Gasteiger partial charge on any atom is 0.211 e. The summed E-state index contributed by atoms with van der Waals surface area (Å²) in [4.78, 5) is 10.8. The number of benzene rings is 8. The Labute approximate surface area is 364 Å². The Morgan fingerprint density at radius 2 is 1.08 bits per heavy atom. The molecule has 6 nitrogen and oxygen atoms in total. The van der Waals surface area contributed by atoms with Gasteiger partial charge in [-0.05, 0) is 70.3 Å². The van der Waals surface area contributed by atoms with Crippen LogP contribution < -0.4 is 10.1 Å². The largest absolute Gasteiger partial charge is 0.484 e. The lowest BCUT2D eigenvalue weighted by Crippen LogP contribution is -2.39. The van der Waals surface area contributed by atoms with Crippen LogP contribution in [0, 0.1) is 0 Å². The van der Waals surface area contributed by atoms with E-state index in [1.54, 1.807) is 0 Å². The quantitative estimate of drug-likeness (QED) is 0.188. The second-order valence-corrected chi connectivity index (χ2v) is 16.5. The third-order valence-electron chi connectivity index (χ3n) is 13.0. The van der Waals surface area contributed by atoms with E-state index in [0.717, 1.165) is 61.8 Å². The van der Waals surface area contributed by atoms with Crippen molar-refractivity contribution in [3.8, 4) is 33.7 Å². The smallest absolute Gasteiger partial charge is 0.211 e. The van der Waals surface area contributed by atoms with E-state index in [4.69, 9.17) is 14.7 Å². The number of nitrogens with one attached hydrogen (secondary N) is 1. The molecular weight excluding hydrogens is 771 g/mol. The van der Waals surface area contributed by atoms with Gasteiger partial charge >= 0.3 is 0 Å². The molecule has 0 amide bonds. The van der Waals surface area contributed by atoms with Crippen molar-refractivity contribution in [1.82, 2.24) is 14.5 Å². The van der Waals surface area contributed by atoms with Gasteiger partial charge in [-0.15, -0.1) is 0 Å². The van der Waals surface area contributed by atoms with Crippen molar-refractivity contribution < 1.29 is 4.74 Å². The topological polar surface area (TPSA) is 55.8 Å². The first-order valence-electron chi connectivity index (χ1n) is 21.6. The molecule has 0 radical (unpaired) electrons. The van der Waals surface area contributed by atoms with Crippen LogP contribution in [0.5, 0.6) is 5.75 Å². The van der Waals surface area contributed by atoms with E-state index in [0.29, 0.717) is 5.96 Å². The van der Waals surface area contributed by atoms with Crippen LogP contribution in [-0.2, 0) is 0 Å². The van der Waals surface area contributed by atoms with Crippen molar-refractivity contribution in [2.75, 3.05) is 0 Å². The van der Waals surface area contributed by atoms with Gasteiger partial charge < -0.3 is 14.6 Å². The molecule has 3 aliphatic rings. The van der Waals surface area contributed by atoms with Gasteiger partial charge in [0.15, 0.2) is 6.17 Å². The number of aliphatic imine (C=N–C) groups is 2. The van der Waals surface area contributed by atoms with E-state index >= 15 is 0 Å². The molecule has 13 rings (SSSR count). The lowest BCUT2D eigenvalue weighted by Gasteiger charge is -2.24. The van der Waals surface area contributed by atoms with Gasteiger partial charge in [0.1, 0.15) is 17.7 Å². The van der Waals surface area contributed by atoms with Crippen molar-refractivity contribution in [2.45, 2.75) is 18.2 Å². The van der Waals surface area contributed by atoms with Crippen LogP contribution in [0.15, 0.2) is 216 Å². The molecule has 63 heavy (non-hydrogen) atoms. The first kappa shape index (κ1) is 35.5. The van der Waals surface area contributed by atoms with Gasteiger partial charge in [-0.1, -0.05) is 170 Å². The molecule has 0 spiro atoms. The van der Waals surface area contributed by atoms with Crippen molar-refractivity contribution in [3.05, 3.63) is 234 Å². The summed E-state index contributed by atoms with van der Waals surface area (Å²) in [6, 6.07) is 70.9. The van der Waals surface area contributed by atoms with Crippen LogP contribution in [0.2, 0.25) is 0 Å². The third kappa shape index (κ3) is 5.65. The van der Waals surface area contributed by atoms with E-state index in [-0.39, 0.29) is 12.0 Å². The zero-order valence-corrected chi connectivity index (χ0v) is 34.1. The van der Waals surface area contributed by atoms with E-state index in [2.05, 4.69) is 221 Å². The van der Waals surface area contributed by atoms with Crippen LogP contribution in [0.1, 0.15) is 46.1 Å². The Morgan fingerprint density at radius 1 is 0.492 bits per heavy atom. The monoisotopic (exact) mass is 809 g/mol. The molecule has 3 unspecified atom stereocenters. The van der Waals surface area contributed by atoms with Gasteiger partial charge in [0.25, 0.3) is 0 Å². The van der Waals surface area contributed by atoms with Gasteiger partial charge in [-0.25, -0.2) is 9.98 Å². The second-order valence-electron chi connectivity index (χ2n) is 16.5. The van der Waals surface area contributed by atoms with E-state index in [1.807, 2.05) is 6.07 Å². The number of ether oxygens (including phenoxy) is 1. The molecule has 2 aromatic heterocycles. The molecule has 0 saturated carbocycles. The van der Waals surface area contributed by atoms with Crippen molar-refractivity contribution in [3.63, 3.8) is 0 Å². The van der Waals surface area contributed by atoms with Crippen LogP contribution in [0.4, 0.5) is 0 Å². The minimum Gasteiger partial charge on any atom is -0.484 e. The van der Waals surface area contributed by atoms with Gasteiger partial charge in [-0.2, -0.15) is 0 Å². The zero-order chi connectivity index (χ0) is 41.4. The lowest BCUT2D eigenvalue weighted by atomic mass is 9.85. The molecule has 0 bridgehead atoms. The van der Waals surface area contributed by atoms with E-state index < -0.39 is 6.17 Å². The number of hydrogen-bond acceptors (Lipinski definition) is 4. The maximum atomic E-state index is 7.31. The Morgan fingerprint density at radius 3 is 1.79 bits per heavy atom. The first-order valence-corrected chi connectivity index (χ1v) is 21.6. The number of para-hydroxylation sites is 4. The number of rotatable bonds is 5. The standard InChI is InChI=1S/C57H39N5O/c1-3-15-36(16-4-1)38-29-31-39(32-30-38)55-58-56(60-57(59-55)62-48-26-10-7-21-42(48)43-22-8-11-27-49(43)62)47-25-14-24-44-45-33-34-51-52(54(45)63-53(44)47)46-23-9-12-28-50(46)61(51)41-20-13-19-40(35-41)37-17-5-2-6-18-37/h1-35,45,54-55H,(H,58,59,60). The van der Waals surface area contributed by atoms with Crippen LogP contribution in [0.25, 0.3) is 66.7 Å². The molecule has 6 heteroatoms. The van der Waals surface area contributed by atoms with Crippen LogP contribution in [0.3, 0.4) is 0 Å². The average molecular weight is 810 g/mol. The summed E-state index contributed by atoms with van der Waals surface area (Å²) in [5, 5.41) is 7.30. The fourth-order valence-corrected chi connectivity index (χ4v) is 10.1. The van der Waals surface area contributed by atoms with Crippen molar-refractivity contribution >= 4 is 50.6 Å². The fourth-order valence-electron chi connectivity index (χ4n) is 10.1. The van der Waals surface area contributed by atoms with Gasteiger partial charge in [-0.3, -0.25) is 4.57 Å². The Hall–Kier alpha value is -8.22. The van der Waals surface area contributed by atoms with Crippen LogP contribution >= 0.6 is 0 Å². The molecule has 1 N–H and O–H groups in total. The number of amidine groups is 1. The minimum absolute atomic E-state index is 0.0263. The van der Waals surface area contributed by atoms with E-state index in [9.17, 15) is 0 Å². The Balaban J connectivity index is 0.933. The summed E-state index contributed by atoms with van der Waals surface area (Å²) < 4.78 is 11.9. The Bertz CT molecular complexity index is 3470. The summed E-state index contributed by atoms with van der Waals surface area (Å²) in [5.41, 5.74) is 14.5. The molecular formula is C57H39N5O. The summed E-state index contributed by atoms with van der Waals surface area (Å²) in [6.45, 7) is 0. The predicted molar refractivity (Wildman–Crippen MR) is 257 cm³/mol. The number of hydrogen-bond donors (Lipinski definition) is 1. The van der Waals surface area contributed by atoms with Crippen LogP contribution in [-0.4, -0.2) is 20.9 Å². The normalized spacial score (nSPS) is 17.4. The maximum absolute atomic E-state index is 7.31. The average Bonchev–Trinajstić information content (AvgIpc) is 4.02. The highest BCUT2D eigenvalue weighted by Crippen LogP contribution is 2.54. The van der Waals surface area contributed by atoms with Gasteiger partial charge in [0.2, 0.25) is 5.96 Å². The predicted octanol–water partition coefficient (Wildman–Crippen LogP) is 13.3. The van der Waals surface area contributed by atoms with Gasteiger partial charge in [0, 0.05) is 38.9 Å². The third-order valence-corrected chi connectivity index (χ3v) is 13.0. The molecule has 8 aromatic carbocycles. The zero-order valence-electron chi connectivity index (χ0n) is 34.1. The highest BCUT2D eigenvalue weighted by atomic mass is 16.5. The molecule has 3 atom stereocenters. The molecule has 298 valence electrons. The number of aromatic nitrogens is 2. The fraction of sp³-hybridized carbons (Fsp3) is 0.0526. The summed E-state index contributed by atoms with van der Waals surface area (Å²) >= 11 is 0. The summed E-state index contributed by atoms with van der Waals surface area (Å²) in [5.74, 6) is 2.31. The van der Waals surface area contributed by atoms with E-state index in [1.165, 1.54) is 38.4 Å². The molecule has 0 fully saturated rings. The molecule has 4 heterocycles. The molecule has 1 aliphatic carbocycles. The first-order chi connectivity index (χ1) is 31.2.